The first kappa shape index (κ1) is 15.8. The van der Waals surface area contributed by atoms with E-state index in [0.29, 0.717) is 5.69 Å². The molecule has 2 aliphatic rings. The minimum Gasteiger partial charge on any atom is -0.354 e. The first-order valence-corrected chi connectivity index (χ1v) is 8.56. The lowest BCUT2D eigenvalue weighted by Crippen LogP contribution is -2.52. The van der Waals surface area contributed by atoms with Crippen molar-refractivity contribution in [2.75, 3.05) is 36.0 Å². The predicted octanol–water partition coefficient (Wildman–Crippen LogP) is 1.54. The number of aromatic nitrogens is 1. The van der Waals surface area contributed by atoms with Crippen LogP contribution in [0.3, 0.4) is 0 Å². The lowest BCUT2D eigenvalue weighted by atomic mass is 10.1. The van der Waals surface area contributed by atoms with Gasteiger partial charge in [0.2, 0.25) is 5.91 Å². The van der Waals surface area contributed by atoms with Crippen LogP contribution in [0.1, 0.15) is 6.42 Å². The van der Waals surface area contributed by atoms with Crippen LogP contribution in [0.5, 0.6) is 0 Å². The fourth-order valence-corrected chi connectivity index (χ4v) is 3.55. The van der Waals surface area contributed by atoms with E-state index in [1.807, 2.05) is 36.4 Å². The third kappa shape index (κ3) is 3.00. The third-order valence-electron chi connectivity index (χ3n) is 4.87. The lowest BCUT2D eigenvalue weighted by molar-refractivity contribution is -0.123. The average Bonchev–Trinajstić information content (AvgIpc) is 2.97. The Kier molecular flexibility index (Phi) is 4.19. The van der Waals surface area contributed by atoms with Crippen LogP contribution in [-0.4, -0.2) is 53.9 Å². The number of para-hydroxylation sites is 1. The van der Waals surface area contributed by atoms with Crippen LogP contribution in [0, 0.1) is 0 Å². The minimum absolute atomic E-state index is 0.109. The maximum atomic E-state index is 12.8. The number of rotatable bonds is 3. The van der Waals surface area contributed by atoms with Crippen molar-refractivity contribution in [1.29, 1.82) is 0 Å². The number of hydrogen-bond donors (Lipinski definition) is 0. The van der Waals surface area contributed by atoms with Gasteiger partial charge in [0.25, 0.3) is 5.91 Å². The monoisotopic (exact) mass is 336 g/mol. The number of piperazine rings is 1. The van der Waals surface area contributed by atoms with Crippen molar-refractivity contribution in [3.63, 3.8) is 0 Å². The molecule has 1 atom stereocenters. The Morgan fingerprint density at radius 3 is 2.28 bits per heavy atom. The smallest absolute Gasteiger partial charge is 0.251 e. The van der Waals surface area contributed by atoms with E-state index in [2.05, 4.69) is 14.8 Å². The van der Waals surface area contributed by atoms with Crippen molar-refractivity contribution >= 4 is 23.3 Å². The largest absolute Gasteiger partial charge is 0.354 e. The summed E-state index contributed by atoms with van der Waals surface area (Å²) in [4.78, 5) is 35.2. The van der Waals surface area contributed by atoms with Crippen molar-refractivity contribution in [2.45, 2.75) is 12.5 Å². The summed E-state index contributed by atoms with van der Waals surface area (Å²) in [6, 6.07) is 14.7. The molecular formula is C19H20N4O2. The summed E-state index contributed by atoms with van der Waals surface area (Å²) in [5.74, 6) is 0.734. The van der Waals surface area contributed by atoms with Gasteiger partial charge in [-0.2, -0.15) is 0 Å². The van der Waals surface area contributed by atoms with Crippen LogP contribution in [0.4, 0.5) is 11.5 Å². The second-order valence-corrected chi connectivity index (χ2v) is 6.33. The summed E-state index contributed by atoms with van der Waals surface area (Å²) in [7, 11) is 0. The third-order valence-corrected chi connectivity index (χ3v) is 4.87. The molecule has 1 aromatic carbocycles. The molecule has 6 heteroatoms. The molecule has 0 unspecified atom stereocenters. The number of carbonyl (C=O) groups excluding carboxylic acids is 2. The molecule has 0 radical (unpaired) electrons. The number of pyridine rings is 1. The molecule has 1 aromatic heterocycles. The van der Waals surface area contributed by atoms with E-state index < -0.39 is 0 Å². The molecule has 2 amide bonds. The van der Waals surface area contributed by atoms with Crippen LogP contribution in [0.25, 0.3) is 0 Å². The molecule has 25 heavy (non-hydrogen) atoms. The van der Waals surface area contributed by atoms with E-state index in [-0.39, 0.29) is 24.3 Å². The van der Waals surface area contributed by atoms with E-state index >= 15 is 0 Å². The molecule has 0 spiro atoms. The first-order valence-electron chi connectivity index (χ1n) is 8.56. The van der Waals surface area contributed by atoms with Gasteiger partial charge in [-0.1, -0.05) is 24.3 Å². The topological polar surface area (TPSA) is 56.8 Å². The fourth-order valence-electron chi connectivity index (χ4n) is 3.55. The van der Waals surface area contributed by atoms with Gasteiger partial charge in [-0.3, -0.25) is 14.5 Å². The van der Waals surface area contributed by atoms with Gasteiger partial charge >= 0.3 is 0 Å². The number of carbonyl (C=O) groups is 2. The Morgan fingerprint density at radius 2 is 1.60 bits per heavy atom. The van der Waals surface area contributed by atoms with E-state index in [1.165, 1.54) is 4.90 Å². The fraction of sp³-hybridized carbons (Fsp3) is 0.316. The minimum atomic E-state index is -0.349. The predicted molar refractivity (Wildman–Crippen MR) is 95.4 cm³/mol. The molecule has 0 N–H and O–H groups in total. The number of benzene rings is 1. The Morgan fingerprint density at radius 1 is 0.880 bits per heavy atom. The molecule has 4 rings (SSSR count). The SMILES string of the molecule is O=C1C[C@@H](N2CCN(c3ccccn3)CC2)C(=O)N1c1ccccc1. The van der Waals surface area contributed by atoms with Crippen LogP contribution >= 0.6 is 0 Å². The van der Waals surface area contributed by atoms with Crippen molar-refractivity contribution in [3.05, 3.63) is 54.7 Å². The molecule has 6 nitrogen and oxygen atoms in total. The summed E-state index contributed by atoms with van der Waals surface area (Å²) in [5, 5.41) is 0. The highest BCUT2D eigenvalue weighted by molar-refractivity contribution is 6.22. The highest BCUT2D eigenvalue weighted by Gasteiger charge is 2.43. The Hall–Kier alpha value is -2.73. The molecular weight excluding hydrogens is 316 g/mol. The van der Waals surface area contributed by atoms with Gasteiger partial charge in [0.05, 0.1) is 18.2 Å². The molecule has 0 bridgehead atoms. The summed E-state index contributed by atoms with van der Waals surface area (Å²) in [6.45, 7) is 3.12. The molecule has 2 saturated heterocycles. The molecule has 2 fully saturated rings. The van der Waals surface area contributed by atoms with Crippen molar-refractivity contribution in [3.8, 4) is 0 Å². The second kappa shape index (κ2) is 6.64. The Bertz CT molecular complexity index is 758. The van der Waals surface area contributed by atoms with Gasteiger partial charge in [0, 0.05) is 32.4 Å². The van der Waals surface area contributed by atoms with Gasteiger partial charge in [-0.05, 0) is 24.3 Å². The standard InChI is InChI=1S/C19H20N4O2/c24-18-14-16(19(25)23(18)15-6-2-1-3-7-15)21-10-12-22(13-11-21)17-8-4-5-9-20-17/h1-9,16H,10-14H2/t16-/m1/s1. The second-order valence-electron chi connectivity index (χ2n) is 6.33. The highest BCUT2D eigenvalue weighted by Crippen LogP contribution is 2.26. The van der Waals surface area contributed by atoms with Crippen LogP contribution in [-0.2, 0) is 9.59 Å². The number of amides is 2. The molecule has 0 saturated carbocycles. The van der Waals surface area contributed by atoms with E-state index in [9.17, 15) is 9.59 Å². The van der Waals surface area contributed by atoms with E-state index in [4.69, 9.17) is 0 Å². The maximum absolute atomic E-state index is 12.8. The summed E-state index contributed by atoms with van der Waals surface area (Å²) in [5.41, 5.74) is 0.659. The number of hydrogen-bond acceptors (Lipinski definition) is 5. The summed E-state index contributed by atoms with van der Waals surface area (Å²) >= 11 is 0. The number of imide groups is 1. The molecule has 0 aliphatic carbocycles. The zero-order valence-electron chi connectivity index (χ0n) is 13.9. The first-order chi connectivity index (χ1) is 12.2. The van der Waals surface area contributed by atoms with Gasteiger partial charge in [0.1, 0.15) is 5.82 Å². The van der Waals surface area contributed by atoms with Crippen molar-refractivity contribution in [1.82, 2.24) is 9.88 Å². The van der Waals surface area contributed by atoms with Crippen LogP contribution in [0.2, 0.25) is 0 Å². The van der Waals surface area contributed by atoms with Crippen molar-refractivity contribution in [2.24, 2.45) is 0 Å². The Balaban J connectivity index is 1.44. The highest BCUT2D eigenvalue weighted by atomic mass is 16.2. The summed E-state index contributed by atoms with van der Waals surface area (Å²) in [6.07, 6.45) is 2.05. The Labute approximate surface area is 146 Å². The lowest BCUT2D eigenvalue weighted by Gasteiger charge is -2.37. The van der Waals surface area contributed by atoms with Crippen LogP contribution < -0.4 is 9.80 Å². The maximum Gasteiger partial charge on any atom is 0.251 e. The zero-order valence-corrected chi connectivity index (χ0v) is 13.9. The van der Waals surface area contributed by atoms with Crippen molar-refractivity contribution < 1.29 is 9.59 Å². The van der Waals surface area contributed by atoms with Gasteiger partial charge < -0.3 is 4.90 Å². The summed E-state index contributed by atoms with van der Waals surface area (Å²) < 4.78 is 0. The number of anilines is 2. The molecule has 2 aromatic rings. The van der Waals surface area contributed by atoms with Gasteiger partial charge in [-0.15, -0.1) is 0 Å². The van der Waals surface area contributed by atoms with Gasteiger partial charge in [-0.25, -0.2) is 9.88 Å². The average molecular weight is 336 g/mol. The number of nitrogens with zero attached hydrogens (tertiary/aromatic N) is 4. The van der Waals surface area contributed by atoms with E-state index in [1.54, 1.807) is 18.3 Å². The molecule has 128 valence electrons. The molecule has 3 heterocycles. The van der Waals surface area contributed by atoms with Crippen LogP contribution in [0.15, 0.2) is 54.7 Å². The van der Waals surface area contributed by atoms with E-state index in [0.717, 1.165) is 32.0 Å². The van der Waals surface area contributed by atoms with Gasteiger partial charge in [0.15, 0.2) is 0 Å². The molecule has 2 aliphatic heterocycles. The normalized spacial score (nSPS) is 21.8. The quantitative estimate of drug-likeness (QED) is 0.796. The zero-order chi connectivity index (χ0) is 17.2.